The van der Waals surface area contributed by atoms with Crippen LogP contribution in [-0.2, 0) is 12.8 Å². The number of aromatic amines is 1. The van der Waals surface area contributed by atoms with Crippen molar-refractivity contribution in [1.29, 1.82) is 0 Å². The first-order chi connectivity index (χ1) is 12.2. The molecule has 4 nitrogen and oxygen atoms in total. The van der Waals surface area contributed by atoms with E-state index in [0.717, 1.165) is 37.4 Å². The topological polar surface area (TPSA) is 37.5 Å². The predicted octanol–water partition coefficient (Wildman–Crippen LogP) is 3.90. The summed E-state index contributed by atoms with van der Waals surface area (Å²) in [6.07, 6.45) is 4.17. The lowest BCUT2D eigenvalue weighted by Gasteiger charge is -2.17. The Bertz CT molecular complexity index is 826. The van der Waals surface area contributed by atoms with Gasteiger partial charge < -0.3 is 19.4 Å². The van der Waals surface area contributed by atoms with Gasteiger partial charge in [-0.25, -0.2) is 0 Å². The zero-order valence-electron chi connectivity index (χ0n) is 15.2. The van der Waals surface area contributed by atoms with Gasteiger partial charge in [0.1, 0.15) is 0 Å². The van der Waals surface area contributed by atoms with Crippen molar-refractivity contribution in [2.75, 3.05) is 34.4 Å². The van der Waals surface area contributed by atoms with Crippen molar-refractivity contribution in [2.24, 2.45) is 0 Å². The predicted molar refractivity (Wildman–Crippen MR) is 103 cm³/mol. The molecule has 0 saturated carbocycles. The average molecular weight is 338 g/mol. The maximum absolute atomic E-state index is 5.38. The number of aromatic nitrogens is 1. The van der Waals surface area contributed by atoms with E-state index in [2.05, 4.69) is 59.5 Å². The summed E-state index contributed by atoms with van der Waals surface area (Å²) in [5.74, 6) is 1.57. The number of nitrogens with zero attached hydrogens (tertiary/aromatic N) is 1. The second-order valence-electron chi connectivity index (χ2n) is 6.35. The number of hydrogen-bond acceptors (Lipinski definition) is 3. The van der Waals surface area contributed by atoms with Crippen molar-refractivity contribution < 1.29 is 9.47 Å². The van der Waals surface area contributed by atoms with Gasteiger partial charge in [0.15, 0.2) is 11.5 Å². The molecule has 132 valence electrons. The Hall–Kier alpha value is -2.46. The van der Waals surface area contributed by atoms with E-state index < -0.39 is 0 Å². The number of H-pyrrole nitrogens is 1. The monoisotopic (exact) mass is 338 g/mol. The molecule has 0 atom stereocenters. The smallest absolute Gasteiger partial charge is 0.160 e. The first-order valence-electron chi connectivity index (χ1n) is 8.65. The molecule has 4 heteroatoms. The zero-order valence-corrected chi connectivity index (χ0v) is 15.2. The molecule has 0 spiro atoms. The summed E-state index contributed by atoms with van der Waals surface area (Å²) in [6.45, 7) is 2.05. The van der Waals surface area contributed by atoms with Gasteiger partial charge in [0.05, 0.1) is 14.2 Å². The molecule has 3 rings (SSSR count). The third kappa shape index (κ3) is 4.15. The highest BCUT2D eigenvalue weighted by atomic mass is 16.5. The number of likely N-dealkylation sites (N-methyl/N-ethyl adjacent to an activating group) is 1. The summed E-state index contributed by atoms with van der Waals surface area (Å²) in [5, 5.41) is 1.33. The number of nitrogens with one attached hydrogen (secondary N) is 1. The quantitative estimate of drug-likeness (QED) is 0.677. The number of benzene rings is 2. The molecule has 0 saturated heterocycles. The van der Waals surface area contributed by atoms with Gasteiger partial charge in [0.2, 0.25) is 0 Å². The minimum atomic E-state index is 0.777. The van der Waals surface area contributed by atoms with E-state index in [-0.39, 0.29) is 0 Å². The molecule has 0 aliphatic heterocycles. The minimum Gasteiger partial charge on any atom is -0.493 e. The summed E-state index contributed by atoms with van der Waals surface area (Å²) < 4.78 is 10.7. The average Bonchev–Trinajstić information content (AvgIpc) is 3.07. The van der Waals surface area contributed by atoms with E-state index in [1.807, 2.05) is 6.07 Å². The summed E-state index contributed by atoms with van der Waals surface area (Å²) in [4.78, 5) is 5.72. The molecule has 0 amide bonds. The van der Waals surface area contributed by atoms with Crippen LogP contribution in [0.1, 0.15) is 11.1 Å². The highest BCUT2D eigenvalue weighted by Crippen LogP contribution is 2.27. The van der Waals surface area contributed by atoms with Crippen molar-refractivity contribution in [2.45, 2.75) is 12.8 Å². The second-order valence-corrected chi connectivity index (χ2v) is 6.35. The molecule has 0 bridgehead atoms. The van der Waals surface area contributed by atoms with E-state index >= 15 is 0 Å². The molecule has 0 unspecified atom stereocenters. The van der Waals surface area contributed by atoms with Crippen molar-refractivity contribution in [3.05, 3.63) is 59.8 Å². The Balaban J connectivity index is 1.53. The zero-order chi connectivity index (χ0) is 17.6. The number of ether oxygens (including phenoxy) is 2. The van der Waals surface area contributed by atoms with E-state index in [9.17, 15) is 0 Å². The fourth-order valence-electron chi connectivity index (χ4n) is 3.12. The van der Waals surface area contributed by atoms with E-state index in [4.69, 9.17) is 9.47 Å². The minimum absolute atomic E-state index is 0.777. The summed E-state index contributed by atoms with van der Waals surface area (Å²) in [7, 11) is 5.51. The fraction of sp³-hybridized carbons (Fsp3) is 0.333. The molecule has 1 N–H and O–H groups in total. The lowest BCUT2D eigenvalue weighted by Crippen LogP contribution is -2.23. The standard InChI is InChI=1S/C21H26N2O2/c1-23(12-10-16-8-9-20(24-2)21(14-16)25-3)13-11-17-15-22-19-7-5-4-6-18(17)19/h4-9,14-15,22H,10-13H2,1-3H3. The first kappa shape index (κ1) is 17.4. The number of para-hydroxylation sites is 1. The number of rotatable bonds is 8. The summed E-state index contributed by atoms with van der Waals surface area (Å²) in [6, 6.07) is 14.6. The van der Waals surface area contributed by atoms with Crippen LogP contribution in [0.2, 0.25) is 0 Å². The summed E-state index contributed by atoms with van der Waals surface area (Å²) in [5.41, 5.74) is 3.86. The van der Waals surface area contributed by atoms with E-state index in [1.54, 1.807) is 14.2 Å². The molecule has 0 aliphatic rings. The third-order valence-corrected chi connectivity index (χ3v) is 4.67. The Morgan fingerprint density at radius 3 is 2.48 bits per heavy atom. The molecule has 3 aromatic rings. The highest BCUT2D eigenvalue weighted by molar-refractivity contribution is 5.83. The molecule has 1 heterocycles. The second kappa shape index (κ2) is 8.08. The maximum Gasteiger partial charge on any atom is 0.160 e. The molecule has 2 aromatic carbocycles. The SMILES string of the molecule is COc1ccc(CCN(C)CCc2c[nH]c3ccccc23)cc1OC. The lowest BCUT2D eigenvalue weighted by molar-refractivity contribution is 0.341. The molecule has 1 aromatic heterocycles. The number of hydrogen-bond donors (Lipinski definition) is 1. The maximum atomic E-state index is 5.38. The van der Waals surface area contributed by atoms with Crippen LogP contribution >= 0.6 is 0 Å². The van der Waals surface area contributed by atoms with Gasteiger partial charge >= 0.3 is 0 Å². The number of methoxy groups -OCH3 is 2. The fourth-order valence-corrected chi connectivity index (χ4v) is 3.12. The lowest BCUT2D eigenvalue weighted by atomic mass is 10.1. The molecular weight excluding hydrogens is 312 g/mol. The van der Waals surface area contributed by atoms with E-state index in [1.165, 1.54) is 22.0 Å². The first-order valence-corrected chi connectivity index (χ1v) is 8.65. The molecular formula is C21H26N2O2. The van der Waals surface area contributed by atoms with Crippen molar-refractivity contribution in [3.8, 4) is 11.5 Å². The highest BCUT2D eigenvalue weighted by Gasteiger charge is 2.07. The third-order valence-electron chi connectivity index (χ3n) is 4.67. The van der Waals surface area contributed by atoms with Crippen LogP contribution in [0.25, 0.3) is 10.9 Å². The Morgan fingerprint density at radius 2 is 1.68 bits per heavy atom. The van der Waals surface area contributed by atoms with Crippen LogP contribution in [0.5, 0.6) is 11.5 Å². The van der Waals surface area contributed by atoms with E-state index in [0.29, 0.717) is 0 Å². The van der Waals surface area contributed by atoms with Crippen LogP contribution in [-0.4, -0.2) is 44.2 Å². The van der Waals surface area contributed by atoms with Crippen LogP contribution < -0.4 is 9.47 Å². The van der Waals surface area contributed by atoms with Crippen LogP contribution in [0.15, 0.2) is 48.7 Å². The van der Waals surface area contributed by atoms with Gasteiger partial charge in [-0.15, -0.1) is 0 Å². The van der Waals surface area contributed by atoms with Gasteiger partial charge in [-0.2, -0.15) is 0 Å². The van der Waals surface area contributed by atoms with Crippen molar-refractivity contribution in [3.63, 3.8) is 0 Å². The Kier molecular flexibility index (Phi) is 5.61. The van der Waals surface area contributed by atoms with Gasteiger partial charge in [0, 0.05) is 30.2 Å². The van der Waals surface area contributed by atoms with Crippen LogP contribution in [0, 0.1) is 0 Å². The summed E-state index contributed by atoms with van der Waals surface area (Å²) >= 11 is 0. The largest absolute Gasteiger partial charge is 0.493 e. The van der Waals surface area contributed by atoms with Crippen molar-refractivity contribution in [1.82, 2.24) is 9.88 Å². The van der Waals surface area contributed by atoms with Gasteiger partial charge in [-0.3, -0.25) is 0 Å². The van der Waals surface area contributed by atoms with Crippen LogP contribution in [0.3, 0.4) is 0 Å². The normalized spacial score (nSPS) is 11.2. The molecule has 25 heavy (non-hydrogen) atoms. The van der Waals surface area contributed by atoms with Gasteiger partial charge in [0.25, 0.3) is 0 Å². The molecule has 0 aliphatic carbocycles. The van der Waals surface area contributed by atoms with Gasteiger partial charge in [-0.1, -0.05) is 24.3 Å². The molecule has 0 radical (unpaired) electrons. The van der Waals surface area contributed by atoms with Crippen LogP contribution in [0.4, 0.5) is 0 Å². The van der Waals surface area contributed by atoms with Crippen molar-refractivity contribution >= 4 is 10.9 Å². The molecule has 0 fully saturated rings. The van der Waals surface area contributed by atoms with Gasteiger partial charge in [-0.05, 0) is 49.2 Å². The Labute approximate surface area is 149 Å². The number of fused-ring (bicyclic) bond motifs is 1. The Morgan fingerprint density at radius 1 is 0.920 bits per heavy atom.